The normalized spacial score (nSPS) is 11.2. The molecule has 0 unspecified atom stereocenters. The molecular formula is C12H10BrN5. The summed E-state index contributed by atoms with van der Waals surface area (Å²) in [5.41, 5.74) is 9.10. The smallest absolute Gasteiger partial charge is 0.215 e. The van der Waals surface area contributed by atoms with Crippen LogP contribution in [0.3, 0.4) is 0 Å². The largest absolute Gasteiger partial charge is 0.325 e. The summed E-state index contributed by atoms with van der Waals surface area (Å²) in [6, 6.07) is 7.60. The summed E-state index contributed by atoms with van der Waals surface area (Å²) in [6.45, 7) is 0.430. The number of rotatable bonds is 1. The van der Waals surface area contributed by atoms with Crippen molar-refractivity contribution in [1.29, 1.82) is 5.26 Å². The fourth-order valence-electron chi connectivity index (χ4n) is 2.16. The van der Waals surface area contributed by atoms with E-state index in [0.29, 0.717) is 12.1 Å². The van der Waals surface area contributed by atoms with Gasteiger partial charge in [0.25, 0.3) is 0 Å². The molecule has 0 aliphatic carbocycles. The third-order valence-electron chi connectivity index (χ3n) is 3.10. The molecule has 0 atom stereocenters. The topological polar surface area (TPSA) is 72.0 Å². The van der Waals surface area contributed by atoms with Gasteiger partial charge in [0, 0.05) is 13.6 Å². The molecule has 0 saturated carbocycles. The SMILES string of the molecule is Cn1c(CN)c(Br)n2c3cc(C#N)ccc3nc12. The minimum absolute atomic E-state index is 0.430. The predicted octanol–water partition coefficient (Wildman–Crippen LogP) is 1.92. The van der Waals surface area contributed by atoms with E-state index >= 15 is 0 Å². The molecule has 2 heterocycles. The van der Waals surface area contributed by atoms with Crippen molar-refractivity contribution in [3.63, 3.8) is 0 Å². The molecule has 18 heavy (non-hydrogen) atoms. The number of halogens is 1. The number of imidazole rings is 2. The lowest BCUT2D eigenvalue weighted by Crippen LogP contribution is -2.04. The molecular weight excluding hydrogens is 294 g/mol. The van der Waals surface area contributed by atoms with Crippen molar-refractivity contribution in [2.75, 3.05) is 0 Å². The highest BCUT2D eigenvalue weighted by molar-refractivity contribution is 9.10. The highest BCUT2D eigenvalue weighted by atomic mass is 79.9. The summed E-state index contributed by atoms with van der Waals surface area (Å²) in [6.07, 6.45) is 0. The summed E-state index contributed by atoms with van der Waals surface area (Å²) in [5, 5.41) is 8.97. The molecule has 2 N–H and O–H groups in total. The van der Waals surface area contributed by atoms with Crippen molar-refractivity contribution >= 4 is 32.7 Å². The van der Waals surface area contributed by atoms with Gasteiger partial charge in [0.2, 0.25) is 5.78 Å². The number of nitrogens with two attached hydrogens (primary N) is 1. The van der Waals surface area contributed by atoms with E-state index in [2.05, 4.69) is 27.0 Å². The first-order valence-corrected chi connectivity index (χ1v) is 6.22. The van der Waals surface area contributed by atoms with E-state index in [9.17, 15) is 0 Å². The molecule has 0 aliphatic heterocycles. The van der Waals surface area contributed by atoms with Crippen molar-refractivity contribution in [3.05, 3.63) is 34.1 Å². The first-order valence-electron chi connectivity index (χ1n) is 5.42. The zero-order chi connectivity index (χ0) is 12.9. The van der Waals surface area contributed by atoms with Gasteiger partial charge in [-0.2, -0.15) is 5.26 Å². The number of aromatic nitrogens is 3. The van der Waals surface area contributed by atoms with Crippen molar-refractivity contribution < 1.29 is 0 Å². The van der Waals surface area contributed by atoms with Crippen LogP contribution in [0.25, 0.3) is 16.8 Å². The molecule has 2 aromatic heterocycles. The van der Waals surface area contributed by atoms with E-state index in [1.165, 1.54) is 0 Å². The maximum absolute atomic E-state index is 8.97. The Morgan fingerprint density at radius 2 is 2.28 bits per heavy atom. The molecule has 0 bridgehead atoms. The van der Waals surface area contributed by atoms with Crippen LogP contribution in [-0.2, 0) is 13.6 Å². The zero-order valence-corrected chi connectivity index (χ0v) is 11.3. The molecule has 0 fully saturated rings. The Hall–Kier alpha value is -1.84. The Morgan fingerprint density at radius 3 is 2.94 bits per heavy atom. The Labute approximate surface area is 112 Å². The van der Waals surface area contributed by atoms with Crippen molar-refractivity contribution in [2.45, 2.75) is 6.54 Å². The van der Waals surface area contributed by atoms with Crippen molar-refractivity contribution in [2.24, 2.45) is 12.8 Å². The number of hydrogen-bond donors (Lipinski definition) is 1. The summed E-state index contributed by atoms with van der Waals surface area (Å²) < 4.78 is 4.81. The summed E-state index contributed by atoms with van der Waals surface area (Å²) in [4.78, 5) is 4.55. The van der Waals surface area contributed by atoms with Gasteiger partial charge >= 0.3 is 0 Å². The van der Waals surface area contributed by atoms with Crippen LogP contribution in [0.4, 0.5) is 0 Å². The predicted molar refractivity (Wildman–Crippen MR) is 72.0 cm³/mol. The van der Waals surface area contributed by atoms with Gasteiger partial charge in [0.1, 0.15) is 4.60 Å². The lowest BCUT2D eigenvalue weighted by molar-refractivity contribution is 0.836. The third-order valence-corrected chi connectivity index (χ3v) is 3.91. The van der Waals surface area contributed by atoms with Gasteiger partial charge in [-0.25, -0.2) is 4.98 Å². The second kappa shape index (κ2) is 3.83. The van der Waals surface area contributed by atoms with Crippen LogP contribution < -0.4 is 5.73 Å². The number of aryl methyl sites for hydroxylation is 1. The molecule has 90 valence electrons. The number of benzene rings is 1. The molecule has 5 nitrogen and oxygen atoms in total. The first-order chi connectivity index (χ1) is 8.67. The van der Waals surface area contributed by atoms with Crippen LogP contribution in [0.5, 0.6) is 0 Å². The summed E-state index contributed by atoms with van der Waals surface area (Å²) >= 11 is 3.55. The van der Waals surface area contributed by atoms with Gasteiger partial charge in [0.05, 0.1) is 28.4 Å². The molecule has 0 radical (unpaired) electrons. The molecule has 0 aliphatic rings. The molecule has 0 spiro atoms. The van der Waals surface area contributed by atoms with E-state index in [4.69, 9.17) is 11.0 Å². The Kier molecular flexibility index (Phi) is 2.40. The minimum atomic E-state index is 0.430. The maximum atomic E-state index is 8.97. The van der Waals surface area contributed by atoms with Gasteiger partial charge in [-0.1, -0.05) is 0 Å². The number of fused-ring (bicyclic) bond motifs is 3. The molecule has 3 rings (SSSR count). The average Bonchev–Trinajstić information content (AvgIpc) is 2.86. The van der Waals surface area contributed by atoms with Gasteiger partial charge < -0.3 is 10.3 Å². The van der Waals surface area contributed by atoms with E-state index in [1.807, 2.05) is 28.1 Å². The van der Waals surface area contributed by atoms with Crippen LogP contribution in [0.1, 0.15) is 11.3 Å². The van der Waals surface area contributed by atoms with Crippen molar-refractivity contribution in [3.8, 4) is 6.07 Å². The Balaban J connectivity index is 2.51. The number of hydrogen-bond acceptors (Lipinski definition) is 3. The second-order valence-electron chi connectivity index (χ2n) is 4.06. The number of nitrogens with zero attached hydrogens (tertiary/aromatic N) is 4. The summed E-state index contributed by atoms with van der Waals surface area (Å²) in [7, 11) is 1.93. The van der Waals surface area contributed by atoms with Gasteiger partial charge in [-0.05, 0) is 34.1 Å². The van der Waals surface area contributed by atoms with E-state index < -0.39 is 0 Å². The lowest BCUT2D eigenvalue weighted by Gasteiger charge is -1.98. The molecule has 1 aromatic carbocycles. The van der Waals surface area contributed by atoms with Gasteiger partial charge in [0.15, 0.2) is 0 Å². The van der Waals surface area contributed by atoms with Crippen LogP contribution in [0.15, 0.2) is 22.8 Å². The highest BCUT2D eigenvalue weighted by Gasteiger charge is 2.16. The number of nitriles is 1. The van der Waals surface area contributed by atoms with Crippen LogP contribution in [0, 0.1) is 11.3 Å². The lowest BCUT2D eigenvalue weighted by atomic mass is 10.2. The van der Waals surface area contributed by atoms with E-state index in [0.717, 1.165) is 27.1 Å². The molecule has 3 aromatic rings. The maximum Gasteiger partial charge on any atom is 0.215 e. The second-order valence-corrected chi connectivity index (χ2v) is 4.81. The van der Waals surface area contributed by atoms with Gasteiger partial charge in [-0.3, -0.25) is 4.40 Å². The average molecular weight is 304 g/mol. The fraction of sp³-hybridized carbons (Fsp3) is 0.167. The monoisotopic (exact) mass is 303 g/mol. The third kappa shape index (κ3) is 1.32. The fourth-order valence-corrected chi connectivity index (χ4v) is 2.94. The molecule has 0 amide bonds. The minimum Gasteiger partial charge on any atom is -0.325 e. The van der Waals surface area contributed by atoms with Crippen LogP contribution in [-0.4, -0.2) is 14.0 Å². The van der Waals surface area contributed by atoms with Crippen LogP contribution >= 0.6 is 15.9 Å². The molecule has 0 saturated heterocycles. The Bertz CT molecular complexity index is 805. The van der Waals surface area contributed by atoms with Crippen molar-refractivity contribution in [1.82, 2.24) is 14.0 Å². The van der Waals surface area contributed by atoms with Gasteiger partial charge in [-0.15, -0.1) is 0 Å². The first kappa shape index (κ1) is 11.3. The quantitative estimate of drug-likeness (QED) is 0.746. The molecule has 6 heteroatoms. The zero-order valence-electron chi connectivity index (χ0n) is 9.68. The highest BCUT2D eigenvalue weighted by Crippen LogP contribution is 2.27. The van der Waals surface area contributed by atoms with Crippen LogP contribution in [0.2, 0.25) is 0 Å². The Morgan fingerprint density at radius 1 is 1.50 bits per heavy atom. The van der Waals surface area contributed by atoms with E-state index in [-0.39, 0.29) is 0 Å². The standard InChI is InChI=1S/C12H10BrN5/c1-17-10(6-15)11(13)18-9-4-7(5-14)2-3-8(9)16-12(17)18/h2-4H,6,15H2,1H3. The summed E-state index contributed by atoms with van der Waals surface area (Å²) in [5.74, 6) is 0.812. The van der Waals surface area contributed by atoms with E-state index in [1.54, 1.807) is 6.07 Å².